The number of hydrogen-bond acceptors (Lipinski definition) is 11. The van der Waals surface area contributed by atoms with E-state index in [0.717, 1.165) is 8.87 Å². The fourth-order valence-electron chi connectivity index (χ4n) is 6.51. The molecule has 1 aliphatic heterocycles. The maximum Gasteiger partial charge on any atom is 0.356 e. The second-order valence-corrected chi connectivity index (χ2v) is 18.5. The number of ether oxygens (including phenoxy) is 1. The van der Waals surface area contributed by atoms with Crippen molar-refractivity contribution in [1.29, 1.82) is 0 Å². The topological polar surface area (TPSA) is 208 Å². The molecule has 0 spiro atoms. The Bertz CT molecular complexity index is 2400. The highest BCUT2D eigenvalue weighted by Crippen LogP contribution is 2.45. The summed E-state index contributed by atoms with van der Waals surface area (Å²) in [6.45, 7) is 3.60. The highest BCUT2D eigenvalue weighted by Gasteiger charge is 2.48. The number of aromatic nitrogens is 6. The number of H-pyrrole nitrogens is 2. The Morgan fingerprint density at radius 3 is 2.33 bits per heavy atom. The number of nitrogens with zero attached hydrogens (tertiary/aromatic N) is 6. The molecule has 2 N–H and O–H groups in total. The van der Waals surface area contributed by atoms with E-state index in [9.17, 15) is 30.0 Å². The SMILES string of the molecule is CCC(C1=CC(OS(=O)(=O)c2cn(C)c(=O)n2C(c2cccc(N(C)S(=O)(=O)c3cnc[nH]3)c2)C2CC2)=CCO1)[N+](C)(CC)S(=O)(=O)c1cnc[nH]1. The summed E-state index contributed by atoms with van der Waals surface area (Å²) in [4.78, 5) is 26.6. The second-order valence-electron chi connectivity index (χ2n) is 12.8. The van der Waals surface area contributed by atoms with E-state index in [1.54, 1.807) is 45.2 Å². The third-order valence-electron chi connectivity index (χ3n) is 9.67. The first-order valence-electron chi connectivity index (χ1n) is 16.5. The number of hydrogen-bond donors (Lipinski definition) is 2. The van der Waals surface area contributed by atoms with E-state index in [1.807, 2.05) is 0 Å². The zero-order chi connectivity index (χ0) is 37.6. The van der Waals surface area contributed by atoms with E-state index in [0.29, 0.717) is 30.5 Å². The predicted octanol–water partition coefficient (Wildman–Crippen LogP) is 2.59. The minimum atomic E-state index is -4.67. The van der Waals surface area contributed by atoms with Crippen molar-refractivity contribution in [2.24, 2.45) is 13.0 Å². The largest absolute Gasteiger partial charge is 0.487 e. The zero-order valence-electron chi connectivity index (χ0n) is 29.2. The predicted molar refractivity (Wildman–Crippen MR) is 188 cm³/mol. The van der Waals surface area contributed by atoms with Crippen LogP contribution in [0.1, 0.15) is 44.7 Å². The first kappa shape index (κ1) is 37.1. The van der Waals surface area contributed by atoms with Gasteiger partial charge in [-0.05, 0) is 49.5 Å². The van der Waals surface area contributed by atoms with E-state index in [-0.39, 0.29) is 40.6 Å². The summed E-state index contributed by atoms with van der Waals surface area (Å²) in [6.07, 6.45) is 10.7. The molecular formula is C32H41N8O9S3+. The summed E-state index contributed by atoms with van der Waals surface area (Å²) >= 11 is 0. The molecule has 0 amide bonds. The standard InChI is InChI=1S/C32H41N8O9S3/c1-6-26(40(5,7-2)51(44,45)29-18-34-21-36-29)27-16-25(13-14-48-27)49-52(46,47)30-19-37(3)32(41)39(30)31(22-11-12-22)23-9-8-10-24(15-23)38(4)50(42,43)28-17-33-20-35-28/h8-10,13,15-22,26,31H,6-7,11-12,14H2,1-5H3,(H,33,35)(H,34,36)/q+1. The average molecular weight is 778 g/mol. The smallest absolute Gasteiger partial charge is 0.356 e. The number of rotatable bonds is 15. The minimum absolute atomic E-state index is 0.0646. The molecule has 2 aliphatic rings. The van der Waals surface area contributed by atoms with Gasteiger partial charge in [0.05, 0.1) is 50.4 Å². The first-order valence-corrected chi connectivity index (χ1v) is 20.8. The van der Waals surface area contributed by atoms with Gasteiger partial charge in [-0.1, -0.05) is 19.1 Å². The molecule has 4 aromatic rings. The maximum absolute atomic E-state index is 14.1. The molecule has 0 radical (unpaired) electrons. The van der Waals surface area contributed by atoms with Crippen molar-refractivity contribution >= 4 is 35.9 Å². The van der Waals surface area contributed by atoms with Gasteiger partial charge in [0.15, 0.2) is 21.9 Å². The molecule has 3 unspecified atom stereocenters. The van der Waals surface area contributed by atoms with Crippen molar-refractivity contribution in [2.75, 3.05) is 31.6 Å². The van der Waals surface area contributed by atoms with Crippen LogP contribution < -0.4 is 9.99 Å². The molecule has 1 saturated carbocycles. The van der Waals surface area contributed by atoms with E-state index in [1.165, 1.54) is 62.1 Å². The van der Waals surface area contributed by atoms with Gasteiger partial charge in [-0.15, -0.1) is 0 Å². The summed E-state index contributed by atoms with van der Waals surface area (Å²) in [6, 6.07) is 5.08. The van der Waals surface area contributed by atoms with Crippen molar-refractivity contribution in [3.8, 4) is 0 Å². The number of benzene rings is 1. The van der Waals surface area contributed by atoms with Gasteiger partial charge in [0.1, 0.15) is 12.4 Å². The van der Waals surface area contributed by atoms with Gasteiger partial charge in [0.2, 0.25) is 5.03 Å². The Balaban J connectivity index is 1.34. The van der Waals surface area contributed by atoms with Crippen LogP contribution in [0.3, 0.4) is 0 Å². The number of imidazole rings is 3. The number of quaternary nitrogens is 1. The van der Waals surface area contributed by atoms with Crippen LogP contribution in [0.25, 0.3) is 0 Å². The van der Waals surface area contributed by atoms with Crippen LogP contribution in [0.4, 0.5) is 5.69 Å². The van der Waals surface area contributed by atoms with Gasteiger partial charge in [-0.2, -0.15) is 25.3 Å². The molecule has 20 heteroatoms. The third kappa shape index (κ3) is 6.47. The lowest BCUT2D eigenvalue weighted by atomic mass is 10.0. The van der Waals surface area contributed by atoms with E-state index >= 15 is 0 Å². The number of aryl methyl sites for hydroxylation is 1. The van der Waals surface area contributed by atoms with Crippen LogP contribution in [-0.2, 0) is 46.1 Å². The molecule has 280 valence electrons. The Morgan fingerprint density at radius 1 is 1.06 bits per heavy atom. The molecule has 6 rings (SSSR count). The van der Waals surface area contributed by atoms with Crippen LogP contribution in [0.2, 0.25) is 0 Å². The number of sulfonamides is 2. The molecule has 1 fully saturated rings. The molecule has 3 aromatic heterocycles. The molecule has 1 aliphatic carbocycles. The zero-order valence-corrected chi connectivity index (χ0v) is 31.7. The van der Waals surface area contributed by atoms with Gasteiger partial charge in [0.25, 0.3) is 10.0 Å². The Morgan fingerprint density at radius 2 is 1.73 bits per heavy atom. The van der Waals surface area contributed by atoms with Crippen molar-refractivity contribution < 1.29 is 38.1 Å². The normalized spacial score (nSPS) is 17.7. The van der Waals surface area contributed by atoms with Gasteiger partial charge in [-0.3, -0.25) is 8.87 Å². The number of aromatic amines is 2. The lowest BCUT2D eigenvalue weighted by molar-refractivity contribution is -0.807. The summed E-state index contributed by atoms with van der Waals surface area (Å²) in [5, 5.41) is -0.567. The van der Waals surface area contributed by atoms with Crippen LogP contribution in [0.15, 0.2) is 99.1 Å². The quantitative estimate of drug-likeness (QED) is 0.132. The van der Waals surface area contributed by atoms with Gasteiger partial charge >= 0.3 is 25.8 Å². The van der Waals surface area contributed by atoms with Gasteiger partial charge in [0, 0.05) is 32.8 Å². The fourth-order valence-corrected chi connectivity index (χ4v) is 10.5. The Labute approximate surface area is 302 Å². The van der Waals surface area contributed by atoms with E-state index < -0.39 is 56.9 Å². The van der Waals surface area contributed by atoms with E-state index in [4.69, 9.17) is 8.92 Å². The Hall–Kier alpha value is -4.66. The molecular weight excluding hydrogens is 737 g/mol. The Kier molecular flexibility index (Phi) is 9.79. The maximum atomic E-state index is 14.1. The lowest BCUT2D eigenvalue weighted by Crippen LogP contribution is -2.57. The number of likely N-dealkylation sites (N-methyl/N-ethyl adjacent to an activating group) is 1. The van der Waals surface area contributed by atoms with Crippen LogP contribution >= 0.6 is 0 Å². The second kappa shape index (κ2) is 13.7. The van der Waals surface area contributed by atoms with Crippen LogP contribution in [-0.4, -0.2) is 91.5 Å². The number of allylic oxidation sites excluding steroid dienone is 1. The molecule has 0 saturated heterocycles. The highest BCUT2D eigenvalue weighted by atomic mass is 32.2. The molecule has 17 nitrogen and oxygen atoms in total. The van der Waals surface area contributed by atoms with E-state index in [2.05, 4.69) is 19.9 Å². The van der Waals surface area contributed by atoms with Crippen molar-refractivity contribution in [3.63, 3.8) is 0 Å². The average Bonchev–Trinajstić information content (AvgIpc) is 3.45. The van der Waals surface area contributed by atoms with Gasteiger partial charge in [-0.25, -0.2) is 18.7 Å². The molecule has 1 aromatic carbocycles. The fraction of sp³-hybridized carbons (Fsp3) is 0.406. The monoisotopic (exact) mass is 777 g/mol. The molecule has 0 bridgehead atoms. The minimum Gasteiger partial charge on any atom is -0.487 e. The molecule has 3 atom stereocenters. The number of nitrogens with one attached hydrogen (secondary N) is 2. The highest BCUT2D eigenvalue weighted by molar-refractivity contribution is 7.92. The molecule has 52 heavy (non-hydrogen) atoms. The summed E-state index contributed by atoms with van der Waals surface area (Å²) in [5.41, 5.74) is 0.223. The summed E-state index contributed by atoms with van der Waals surface area (Å²) in [7, 11) is -8.28. The third-order valence-corrected chi connectivity index (χ3v) is 15.0. The summed E-state index contributed by atoms with van der Waals surface area (Å²) < 4.78 is 96.7. The van der Waals surface area contributed by atoms with Crippen LogP contribution in [0, 0.1) is 5.92 Å². The van der Waals surface area contributed by atoms with Crippen molar-refractivity contribution in [2.45, 2.75) is 60.3 Å². The summed E-state index contributed by atoms with van der Waals surface area (Å²) in [5.74, 6) is 0.00829. The molecule has 4 heterocycles. The van der Waals surface area contributed by atoms with Crippen molar-refractivity contribution in [1.82, 2.24) is 29.1 Å². The lowest BCUT2D eigenvalue weighted by Gasteiger charge is -2.39. The van der Waals surface area contributed by atoms with Gasteiger partial charge < -0.3 is 23.5 Å². The first-order chi connectivity index (χ1) is 24.6. The van der Waals surface area contributed by atoms with Crippen molar-refractivity contribution in [3.05, 3.63) is 95.2 Å². The number of anilines is 1. The van der Waals surface area contributed by atoms with Crippen LogP contribution in [0.5, 0.6) is 0 Å².